The van der Waals surface area contributed by atoms with Crippen LogP contribution in [0, 0.1) is 5.92 Å². The first-order valence-electron chi connectivity index (χ1n) is 2.42. The molecule has 2 unspecified atom stereocenters. The van der Waals surface area contributed by atoms with E-state index in [0.717, 1.165) is 0 Å². The molecule has 0 bridgehead atoms. The molecule has 1 heterocycles. The van der Waals surface area contributed by atoms with Gasteiger partial charge in [0.2, 0.25) is 0 Å². The van der Waals surface area contributed by atoms with Crippen molar-refractivity contribution in [3.8, 4) is 0 Å². The van der Waals surface area contributed by atoms with Gasteiger partial charge in [-0.15, -0.1) is 0 Å². The maximum absolute atomic E-state index is 10.2. The maximum atomic E-state index is 10.2. The predicted molar refractivity (Wildman–Crippen MR) is 24.7 cm³/mol. The number of ether oxygens (including phenoxy) is 1. The van der Waals surface area contributed by atoms with Crippen molar-refractivity contribution in [2.45, 2.75) is 20.0 Å². The summed E-state index contributed by atoms with van der Waals surface area (Å²) in [6.45, 7) is 3.77. The molecule has 0 aromatic heterocycles. The Balaban J connectivity index is 0.000000490. The van der Waals surface area contributed by atoms with E-state index < -0.39 is 0 Å². The van der Waals surface area contributed by atoms with Gasteiger partial charge in [0.25, 0.3) is 0 Å². The van der Waals surface area contributed by atoms with Gasteiger partial charge in [-0.3, -0.25) is 4.79 Å². The van der Waals surface area contributed by atoms with E-state index in [0.29, 0.717) is 0 Å². The molecule has 0 amide bonds. The summed E-state index contributed by atoms with van der Waals surface area (Å²) < 4.78 is 4.61. The molecule has 0 aliphatic carbocycles. The summed E-state index contributed by atoms with van der Waals surface area (Å²) >= 11 is 0. The molecule has 1 aliphatic rings. The monoisotopic (exact) mass is 151 g/mol. The first-order chi connectivity index (χ1) is 3.22. The van der Waals surface area contributed by atoms with E-state index in [-0.39, 0.29) is 36.5 Å². The Kier molecular flexibility index (Phi) is 2.58. The van der Waals surface area contributed by atoms with Crippen molar-refractivity contribution in [3.63, 3.8) is 0 Å². The van der Waals surface area contributed by atoms with Crippen molar-refractivity contribution in [1.29, 1.82) is 0 Å². The van der Waals surface area contributed by atoms with Gasteiger partial charge in [0.1, 0.15) is 6.10 Å². The number of rotatable bonds is 0. The third-order valence-corrected chi connectivity index (χ3v) is 1.38. The molecule has 0 spiro atoms. The topological polar surface area (TPSA) is 26.3 Å². The summed E-state index contributed by atoms with van der Waals surface area (Å²) in [6, 6.07) is 0. The molecule has 2 atom stereocenters. The Hall–Kier alpha value is 0.0544. The van der Waals surface area contributed by atoms with Crippen molar-refractivity contribution >= 4 is 5.97 Å². The van der Waals surface area contributed by atoms with Gasteiger partial charge in [-0.2, -0.15) is 0 Å². The third-order valence-electron chi connectivity index (χ3n) is 1.38. The Bertz CT molecular complexity index is 103. The first kappa shape index (κ1) is 8.05. The van der Waals surface area contributed by atoms with Crippen molar-refractivity contribution in [2.24, 2.45) is 5.92 Å². The van der Waals surface area contributed by atoms with Gasteiger partial charge < -0.3 is 4.74 Å². The largest absolute Gasteiger partial charge is 0.461 e. The van der Waals surface area contributed by atoms with Crippen molar-refractivity contribution < 1.29 is 28.1 Å². The van der Waals surface area contributed by atoms with E-state index in [4.69, 9.17) is 0 Å². The molecule has 0 saturated carbocycles. The molecule has 1 saturated heterocycles. The maximum Gasteiger partial charge on any atom is 0.312 e. The van der Waals surface area contributed by atoms with Crippen molar-refractivity contribution in [1.82, 2.24) is 0 Å². The summed E-state index contributed by atoms with van der Waals surface area (Å²) in [5.74, 6) is 0.0764. The summed E-state index contributed by atoms with van der Waals surface area (Å²) in [4.78, 5) is 10.2. The molecule has 1 radical (unpaired) electrons. The van der Waals surface area contributed by atoms with E-state index in [1.165, 1.54) is 0 Å². The molecule has 0 aromatic rings. The second-order valence-corrected chi connectivity index (χ2v) is 1.93. The van der Waals surface area contributed by atoms with Crippen molar-refractivity contribution in [3.05, 3.63) is 0 Å². The smallest absolute Gasteiger partial charge is 0.312 e. The number of carbonyl (C=O) groups is 1. The fourth-order valence-corrected chi connectivity index (χ4v) is 0.512. The van der Waals surface area contributed by atoms with Gasteiger partial charge in [0.05, 0.1) is 5.92 Å². The third kappa shape index (κ3) is 1.06. The van der Waals surface area contributed by atoms with Crippen LogP contribution in [0.5, 0.6) is 0 Å². The molecule has 0 N–H and O–H groups in total. The fraction of sp³-hybridized carbons (Fsp3) is 0.800. The van der Waals surface area contributed by atoms with Gasteiger partial charge in [0, 0.05) is 18.6 Å². The summed E-state index contributed by atoms with van der Waals surface area (Å²) in [5, 5.41) is 0. The summed E-state index contributed by atoms with van der Waals surface area (Å²) in [6.07, 6.45) is 0.160. The zero-order valence-electron chi connectivity index (χ0n) is 4.92. The normalized spacial score (nSPS) is 34.5. The zero-order valence-corrected chi connectivity index (χ0v) is 6.32. The summed E-state index contributed by atoms with van der Waals surface area (Å²) in [7, 11) is 0. The minimum Gasteiger partial charge on any atom is -0.461 e. The van der Waals surface area contributed by atoms with Gasteiger partial charge in [0.15, 0.2) is 0 Å². The van der Waals surface area contributed by atoms with Gasteiger partial charge in [-0.1, -0.05) is 0 Å². The van der Waals surface area contributed by atoms with E-state index in [1.807, 2.05) is 13.8 Å². The molecule has 45 valence electrons. The van der Waals surface area contributed by atoms with Gasteiger partial charge >= 0.3 is 5.97 Å². The van der Waals surface area contributed by atoms with E-state index in [9.17, 15) is 4.79 Å². The van der Waals surface area contributed by atoms with Crippen LogP contribution in [0.2, 0.25) is 0 Å². The average Bonchev–Trinajstić information content (AvgIpc) is 1.68. The molecule has 1 rings (SSSR count). The number of hydrogen-bond donors (Lipinski definition) is 0. The van der Waals surface area contributed by atoms with Crippen LogP contribution in [0.1, 0.15) is 13.8 Å². The van der Waals surface area contributed by atoms with Crippen LogP contribution in [-0.2, 0) is 28.1 Å². The Labute approximate surface area is 60.5 Å². The van der Waals surface area contributed by atoms with E-state index in [1.54, 1.807) is 0 Å². The SMILES string of the molecule is CC1OC(=O)C1C.[V]. The predicted octanol–water partition coefficient (Wildman–Crippen LogP) is 0.565. The standard InChI is InChI=1S/C5H8O2.V/c1-3-4(2)7-5(3)6;/h3-4H,1-2H3;. The molecular weight excluding hydrogens is 143 g/mol. The van der Waals surface area contributed by atoms with Gasteiger partial charge in [-0.25, -0.2) is 0 Å². The van der Waals surface area contributed by atoms with Crippen LogP contribution in [0.4, 0.5) is 0 Å². The number of hydrogen-bond acceptors (Lipinski definition) is 2. The first-order valence-corrected chi connectivity index (χ1v) is 2.42. The number of carbonyl (C=O) groups excluding carboxylic acids is 1. The van der Waals surface area contributed by atoms with Crippen LogP contribution in [0.15, 0.2) is 0 Å². The number of cyclic esters (lactones) is 1. The Morgan fingerprint density at radius 3 is 2.00 bits per heavy atom. The Morgan fingerprint density at radius 2 is 2.00 bits per heavy atom. The van der Waals surface area contributed by atoms with Crippen LogP contribution < -0.4 is 0 Å². The van der Waals surface area contributed by atoms with Gasteiger partial charge in [-0.05, 0) is 13.8 Å². The van der Waals surface area contributed by atoms with E-state index >= 15 is 0 Å². The molecule has 1 aliphatic heterocycles. The van der Waals surface area contributed by atoms with Crippen LogP contribution in [0.3, 0.4) is 0 Å². The average molecular weight is 151 g/mol. The van der Waals surface area contributed by atoms with Crippen LogP contribution in [0.25, 0.3) is 0 Å². The molecule has 0 aromatic carbocycles. The zero-order chi connectivity index (χ0) is 5.44. The molecule has 3 heteroatoms. The number of esters is 1. The fourth-order valence-electron chi connectivity index (χ4n) is 0.512. The molecular formula is C5H8O2V. The minimum atomic E-state index is -0.0625. The second-order valence-electron chi connectivity index (χ2n) is 1.93. The van der Waals surface area contributed by atoms with Crippen LogP contribution in [-0.4, -0.2) is 12.1 Å². The second kappa shape index (κ2) is 2.56. The molecule has 1 fully saturated rings. The van der Waals surface area contributed by atoms with E-state index in [2.05, 4.69) is 4.74 Å². The molecule has 2 nitrogen and oxygen atoms in total. The Morgan fingerprint density at radius 1 is 1.50 bits per heavy atom. The van der Waals surface area contributed by atoms with Crippen molar-refractivity contribution in [2.75, 3.05) is 0 Å². The molecule has 8 heavy (non-hydrogen) atoms. The minimum absolute atomic E-state index is 0. The quantitative estimate of drug-likeness (QED) is 0.473. The summed E-state index contributed by atoms with van der Waals surface area (Å²) in [5.41, 5.74) is 0. The van der Waals surface area contributed by atoms with Crippen LogP contribution >= 0.6 is 0 Å².